The van der Waals surface area contributed by atoms with E-state index < -0.39 is 0 Å². The highest BCUT2D eigenvalue weighted by molar-refractivity contribution is 7.98. The van der Waals surface area contributed by atoms with Crippen LogP contribution < -0.4 is 5.73 Å². The van der Waals surface area contributed by atoms with Crippen molar-refractivity contribution in [1.29, 1.82) is 0 Å². The Balaban J connectivity index is 0.00000288. The SMILES string of the molecule is CCSCc1ccc(C(=O)N2CCC(OCCCN)CC2)cc1.Cl. The van der Waals surface area contributed by atoms with Crippen LogP contribution in [0.15, 0.2) is 24.3 Å². The van der Waals surface area contributed by atoms with Crippen molar-refractivity contribution in [2.24, 2.45) is 5.73 Å². The van der Waals surface area contributed by atoms with Crippen molar-refractivity contribution in [3.05, 3.63) is 35.4 Å². The first-order valence-corrected chi connectivity index (χ1v) is 9.67. The van der Waals surface area contributed by atoms with Gasteiger partial charge in [-0.25, -0.2) is 0 Å². The lowest BCUT2D eigenvalue weighted by atomic mass is 10.1. The van der Waals surface area contributed by atoms with E-state index in [0.717, 1.165) is 56.0 Å². The second-order valence-electron chi connectivity index (χ2n) is 5.84. The molecule has 1 fully saturated rings. The molecule has 136 valence electrons. The summed E-state index contributed by atoms with van der Waals surface area (Å²) in [7, 11) is 0. The van der Waals surface area contributed by atoms with Crippen molar-refractivity contribution in [2.75, 3.05) is 32.0 Å². The zero-order chi connectivity index (χ0) is 16.5. The Morgan fingerprint density at radius 1 is 1.29 bits per heavy atom. The number of carbonyl (C=O) groups is 1. The number of halogens is 1. The molecule has 0 atom stereocenters. The van der Waals surface area contributed by atoms with Crippen LogP contribution in [0.1, 0.15) is 42.1 Å². The predicted octanol–water partition coefficient (Wildman–Crippen LogP) is 3.33. The molecule has 1 aromatic rings. The number of amides is 1. The molecule has 1 amide bonds. The van der Waals surface area contributed by atoms with Crippen LogP contribution in [0, 0.1) is 0 Å². The van der Waals surface area contributed by atoms with Gasteiger partial charge in [0.2, 0.25) is 0 Å². The molecule has 1 aromatic carbocycles. The topological polar surface area (TPSA) is 55.6 Å². The Kier molecular flexibility index (Phi) is 10.4. The van der Waals surface area contributed by atoms with E-state index >= 15 is 0 Å². The highest BCUT2D eigenvalue weighted by Gasteiger charge is 2.23. The van der Waals surface area contributed by atoms with Crippen molar-refractivity contribution >= 4 is 30.1 Å². The Labute approximate surface area is 155 Å². The summed E-state index contributed by atoms with van der Waals surface area (Å²) in [6.45, 7) is 5.11. The number of benzene rings is 1. The minimum Gasteiger partial charge on any atom is -0.378 e. The maximum absolute atomic E-state index is 12.6. The first kappa shape index (κ1) is 21.3. The monoisotopic (exact) mass is 372 g/mol. The zero-order valence-electron chi connectivity index (χ0n) is 14.4. The normalized spacial score (nSPS) is 15.2. The molecule has 0 bridgehead atoms. The third-order valence-electron chi connectivity index (χ3n) is 4.10. The summed E-state index contributed by atoms with van der Waals surface area (Å²) in [6, 6.07) is 8.05. The van der Waals surface area contributed by atoms with Gasteiger partial charge in [-0.15, -0.1) is 12.4 Å². The van der Waals surface area contributed by atoms with Gasteiger partial charge in [0, 0.05) is 31.0 Å². The Bertz CT molecular complexity index is 476. The lowest BCUT2D eigenvalue weighted by Crippen LogP contribution is -2.41. The lowest BCUT2D eigenvalue weighted by molar-refractivity contribution is 0.00845. The van der Waals surface area contributed by atoms with Gasteiger partial charge in [-0.05, 0) is 49.3 Å². The van der Waals surface area contributed by atoms with Gasteiger partial charge < -0.3 is 15.4 Å². The molecule has 4 nitrogen and oxygen atoms in total. The number of likely N-dealkylation sites (tertiary alicyclic amines) is 1. The fourth-order valence-electron chi connectivity index (χ4n) is 2.70. The van der Waals surface area contributed by atoms with Crippen LogP contribution in [-0.2, 0) is 10.5 Å². The van der Waals surface area contributed by atoms with E-state index in [0.29, 0.717) is 6.54 Å². The number of carbonyl (C=O) groups excluding carboxylic acids is 1. The number of ether oxygens (including phenoxy) is 1. The second-order valence-corrected chi connectivity index (χ2v) is 7.11. The average Bonchev–Trinajstić information content (AvgIpc) is 2.61. The summed E-state index contributed by atoms with van der Waals surface area (Å²) in [5.41, 5.74) is 7.54. The largest absolute Gasteiger partial charge is 0.378 e. The van der Waals surface area contributed by atoms with Crippen LogP contribution >= 0.6 is 24.2 Å². The molecule has 2 rings (SSSR count). The van der Waals surface area contributed by atoms with Gasteiger partial charge in [-0.1, -0.05) is 19.1 Å². The first-order valence-electron chi connectivity index (χ1n) is 8.52. The number of hydrogen-bond acceptors (Lipinski definition) is 4. The van der Waals surface area contributed by atoms with Crippen molar-refractivity contribution in [1.82, 2.24) is 4.90 Å². The highest BCUT2D eigenvalue weighted by atomic mass is 35.5. The molecule has 0 unspecified atom stereocenters. The molecule has 0 aliphatic carbocycles. The Hall–Kier alpha value is -0.750. The van der Waals surface area contributed by atoms with Gasteiger partial charge in [0.1, 0.15) is 0 Å². The maximum atomic E-state index is 12.6. The van der Waals surface area contributed by atoms with Crippen LogP contribution in [0.5, 0.6) is 0 Å². The molecule has 1 aliphatic rings. The minimum atomic E-state index is 0. The molecule has 0 saturated carbocycles. The molecule has 1 aliphatic heterocycles. The van der Waals surface area contributed by atoms with Gasteiger partial charge in [0.15, 0.2) is 0 Å². The van der Waals surface area contributed by atoms with Gasteiger partial charge >= 0.3 is 0 Å². The lowest BCUT2D eigenvalue weighted by Gasteiger charge is -2.32. The number of nitrogens with two attached hydrogens (primary N) is 1. The summed E-state index contributed by atoms with van der Waals surface area (Å²) in [4.78, 5) is 14.5. The molecule has 24 heavy (non-hydrogen) atoms. The smallest absolute Gasteiger partial charge is 0.253 e. The fraction of sp³-hybridized carbons (Fsp3) is 0.611. The number of rotatable bonds is 8. The zero-order valence-corrected chi connectivity index (χ0v) is 16.0. The summed E-state index contributed by atoms with van der Waals surface area (Å²) >= 11 is 1.89. The molecule has 6 heteroatoms. The molecule has 0 aromatic heterocycles. The average molecular weight is 373 g/mol. The van der Waals surface area contributed by atoms with E-state index in [4.69, 9.17) is 10.5 Å². The van der Waals surface area contributed by atoms with Crippen molar-refractivity contribution in [3.8, 4) is 0 Å². The van der Waals surface area contributed by atoms with E-state index in [-0.39, 0.29) is 24.4 Å². The van der Waals surface area contributed by atoms with Gasteiger partial charge in [0.25, 0.3) is 5.91 Å². The highest BCUT2D eigenvalue weighted by Crippen LogP contribution is 2.18. The van der Waals surface area contributed by atoms with Crippen molar-refractivity contribution in [3.63, 3.8) is 0 Å². The molecule has 0 radical (unpaired) electrons. The summed E-state index contributed by atoms with van der Waals surface area (Å²) in [6.07, 6.45) is 3.02. The molecule has 0 spiro atoms. The van der Waals surface area contributed by atoms with Crippen LogP contribution in [0.3, 0.4) is 0 Å². The van der Waals surface area contributed by atoms with E-state index in [2.05, 4.69) is 19.1 Å². The van der Waals surface area contributed by atoms with Crippen LogP contribution in [0.25, 0.3) is 0 Å². The third-order valence-corrected chi connectivity index (χ3v) is 5.05. The molecule has 2 N–H and O–H groups in total. The van der Waals surface area contributed by atoms with E-state index in [1.165, 1.54) is 5.56 Å². The van der Waals surface area contributed by atoms with Crippen molar-refractivity contribution in [2.45, 2.75) is 38.0 Å². The van der Waals surface area contributed by atoms with Gasteiger partial charge in [0.05, 0.1) is 6.10 Å². The van der Waals surface area contributed by atoms with Gasteiger partial charge in [-0.3, -0.25) is 4.79 Å². The second kappa shape index (κ2) is 11.7. The van der Waals surface area contributed by atoms with Gasteiger partial charge in [-0.2, -0.15) is 11.8 Å². The molecular formula is C18H29ClN2O2S. The van der Waals surface area contributed by atoms with Crippen LogP contribution in [0.2, 0.25) is 0 Å². The predicted molar refractivity (Wildman–Crippen MR) is 104 cm³/mol. The first-order chi connectivity index (χ1) is 11.2. The summed E-state index contributed by atoms with van der Waals surface area (Å²) in [5.74, 6) is 2.26. The minimum absolute atomic E-state index is 0. The van der Waals surface area contributed by atoms with Crippen molar-refractivity contribution < 1.29 is 9.53 Å². The van der Waals surface area contributed by atoms with E-state index in [9.17, 15) is 4.79 Å². The number of piperidine rings is 1. The van der Waals surface area contributed by atoms with E-state index in [1.807, 2.05) is 28.8 Å². The van der Waals surface area contributed by atoms with Crippen LogP contribution in [0.4, 0.5) is 0 Å². The molecule has 1 heterocycles. The maximum Gasteiger partial charge on any atom is 0.253 e. The quantitative estimate of drug-likeness (QED) is 0.711. The third kappa shape index (κ3) is 6.63. The Morgan fingerprint density at radius 3 is 2.54 bits per heavy atom. The molecule has 1 saturated heterocycles. The number of thioether (sulfide) groups is 1. The van der Waals surface area contributed by atoms with Crippen LogP contribution in [-0.4, -0.2) is 48.9 Å². The summed E-state index contributed by atoms with van der Waals surface area (Å²) in [5, 5.41) is 0. The summed E-state index contributed by atoms with van der Waals surface area (Å²) < 4.78 is 5.79. The van der Waals surface area contributed by atoms with E-state index in [1.54, 1.807) is 0 Å². The fourth-order valence-corrected chi connectivity index (χ4v) is 3.34. The standard InChI is InChI=1S/C18H28N2O2S.ClH/c1-2-23-14-15-4-6-16(7-5-15)18(21)20-11-8-17(9-12-20)22-13-3-10-19;/h4-7,17H,2-3,8-14,19H2,1H3;1H. The number of hydrogen-bond donors (Lipinski definition) is 1. The number of nitrogens with zero attached hydrogens (tertiary/aromatic N) is 1. The Morgan fingerprint density at radius 2 is 1.96 bits per heavy atom. The molecular weight excluding hydrogens is 344 g/mol.